The first-order valence-electron chi connectivity index (χ1n) is 11.0. The maximum atomic E-state index is 12.0. The van der Waals surface area contributed by atoms with Crippen LogP contribution >= 0.6 is 0 Å². The van der Waals surface area contributed by atoms with E-state index in [0.717, 1.165) is 51.4 Å². The van der Waals surface area contributed by atoms with Gasteiger partial charge in [0.25, 0.3) is 0 Å². The molecule has 0 unspecified atom stereocenters. The number of hydrogen-bond acceptors (Lipinski definition) is 3. The molecule has 0 aromatic heterocycles. The number of carbonyl (C=O) groups excluding carboxylic acids is 1. The molecule has 0 heterocycles. The van der Waals surface area contributed by atoms with Gasteiger partial charge >= 0.3 is 0 Å². The van der Waals surface area contributed by atoms with Gasteiger partial charge in [-0.05, 0) is 55.8 Å². The maximum absolute atomic E-state index is 12.0. The van der Waals surface area contributed by atoms with E-state index in [1.165, 1.54) is 32.1 Å². The molecule has 0 amide bonds. The Morgan fingerprint density at radius 1 is 0.731 bits per heavy atom. The Kier molecular flexibility index (Phi) is 13.5. The Bertz CT molecular complexity index is 358. The highest BCUT2D eigenvalue weighted by atomic mass is 16.5. The Hall–Kier alpha value is -0.410. The van der Waals surface area contributed by atoms with Crippen molar-refractivity contribution in [2.24, 2.45) is 10.8 Å². The summed E-state index contributed by atoms with van der Waals surface area (Å²) in [6.45, 7) is 11.3. The van der Waals surface area contributed by atoms with Crippen molar-refractivity contribution in [2.45, 2.75) is 131 Å². The number of aliphatic hydroxyl groups is 2. The zero-order valence-corrected chi connectivity index (χ0v) is 18.3. The summed E-state index contributed by atoms with van der Waals surface area (Å²) in [4.78, 5) is 12.0. The highest BCUT2D eigenvalue weighted by molar-refractivity contribution is 5.78. The van der Waals surface area contributed by atoms with Crippen molar-refractivity contribution in [2.75, 3.05) is 0 Å². The third-order valence-corrected chi connectivity index (χ3v) is 5.62. The standard InChI is InChI=1S/C23H46O3/c1-6-16-22(2,3)17-11-7-9-13-20(24)14-10-8-12-18-23(4,5)19-15-21(25)26/h21,25-26H,6-19H2,1-5H3. The van der Waals surface area contributed by atoms with Gasteiger partial charge in [-0.1, -0.05) is 66.7 Å². The van der Waals surface area contributed by atoms with Crippen LogP contribution < -0.4 is 0 Å². The third kappa shape index (κ3) is 15.8. The van der Waals surface area contributed by atoms with E-state index in [0.29, 0.717) is 17.6 Å². The Morgan fingerprint density at radius 2 is 1.19 bits per heavy atom. The van der Waals surface area contributed by atoms with Crippen LogP contribution in [0.1, 0.15) is 125 Å². The van der Waals surface area contributed by atoms with Crippen molar-refractivity contribution < 1.29 is 15.0 Å². The van der Waals surface area contributed by atoms with Crippen LogP contribution in [0.4, 0.5) is 0 Å². The number of ketones is 1. The Morgan fingerprint density at radius 3 is 1.62 bits per heavy atom. The van der Waals surface area contributed by atoms with Crippen LogP contribution in [0.5, 0.6) is 0 Å². The van der Waals surface area contributed by atoms with E-state index in [1.807, 2.05) is 0 Å². The summed E-state index contributed by atoms with van der Waals surface area (Å²) in [6.07, 6.45) is 13.2. The average molecular weight is 371 g/mol. The van der Waals surface area contributed by atoms with Crippen molar-refractivity contribution in [3.63, 3.8) is 0 Å². The van der Waals surface area contributed by atoms with Gasteiger partial charge in [0.2, 0.25) is 0 Å². The predicted octanol–water partition coefficient (Wildman–Crippen LogP) is 6.40. The number of unbranched alkanes of at least 4 members (excludes halogenated alkanes) is 4. The summed E-state index contributed by atoms with van der Waals surface area (Å²) in [7, 11) is 0. The fraction of sp³-hybridized carbons (Fsp3) is 0.957. The molecule has 0 spiro atoms. The van der Waals surface area contributed by atoms with Gasteiger partial charge in [-0.2, -0.15) is 0 Å². The first-order valence-corrected chi connectivity index (χ1v) is 11.0. The van der Waals surface area contributed by atoms with E-state index in [9.17, 15) is 4.79 Å². The molecule has 0 saturated heterocycles. The lowest BCUT2D eigenvalue weighted by molar-refractivity contribution is -0.119. The lowest BCUT2D eigenvalue weighted by atomic mass is 9.82. The number of carbonyl (C=O) groups is 1. The SMILES string of the molecule is CCCC(C)(C)CCCCCC(=O)CCCCCC(C)(C)CCC(O)O. The van der Waals surface area contributed by atoms with Gasteiger partial charge in [0, 0.05) is 12.8 Å². The summed E-state index contributed by atoms with van der Waals surface area (Å²) in [5, 5.41) is 17.9. The number of rotatable bonds is 17. The molecule has 0 aromatic carbocycles. The average Bonchev–Trinajstić information content (AvgIpc) is 2.52. The summed E-state index contributed by atoms with van der Waals surface area (Å²) in [5.74, 6) is 0.431. The molecule has 0 radical (unpaired) electrons. The smallest absolute Gasteiger partial charge is 0.151 e. The zero-order chi connectivity index (χ0) is 20.1. The summed E-state index contributed by atoms with van der Waals surface area (Å²) in [6, 6.07) is 0. The first-order chi connectivity index (χ1) is 12.1. The molecule has 2 N–H and O–H groups in total. The topological polar surface area (TPSA) is 57.5 Å². The number of hydrogen-bond donors (Lipinski definition) is 2. The minimum atomic E-state index is -1.19. The van der Waals surface area contributed by atoms with Gasteiger partial charge in [-0.3, -0.25) is 4.79 Å². The lowest BCUT2D eigenvalue weighted by Gasteiger charge is -2.24. The van der Waals surface area contributed by atoms with E-state index in [-0.39, 0.29) is 5.41 Å². The molecular formula is C23H46O3. The van der Waals surface area contributed by atoms with Gasteiger partial charge in [0.15, 0.2) is 6.29 Å². The molecule has 26 heavy (non-hydrogen) atoms. The van der Waals surface area contributed by atoms with Gasteiger partial charge in [0.1, 0.15) is 5.78 Å². The third-order valence-electron chi connectivity index (χ3n) is 5.62. The maximum Gasteiger partial charge on any atom is 0.151 e. The molecule has 0 atom stereocenters. The molecule has 0 bridgehead atoms. The van der Waals surface area contributed by atoms with Crippen molar-refractivity contribution in [3.05, 3.63) is 0 Å². The minimum absolute atomic E-state index is 0.152. The van der Waals surface area contributed by atoms with E-state index in [4.69, 9.17) is 10.2 Å². The fourth-order valence-corrected chi connectivity index (χ4v) is 3.78. The number of Topliss-reactive ketones (excluding diaryl/α,β-unsaturated/α-hetero) is 1. The van der Waals surface area contributed by atoms with Gasteiger partial charge in [-0.25, -0.2) is 0 Å². The molecular weight excluding hydrogens is 324 g/mol. The van der Waals surface area contributed by atoms with Crippen molar-refractivity contribution in [3.8, 4) is 0 Å². The molecule has 0 aliphatic rings. The second kappa shape index (κ2) is 13.7. The second-order valence-electron chi connectivity index (χ2n) is 9.76. The van der Waals surface area contributed by atoms with Crippen molar-refractivity contribution >= 4 is 5.78 Å². The predicted molar refractivity (Wildman–Crippen MR) is 111 cm³/mol. The molecule has 156 valence electrons. The van der Waals surface area contributed by atoms with Crippen LogP contribution in [0.25, 0.3) is 0 Å². The van der Waals surface area contributed by atoms with E-state index >= 15 is 0 Å². The lowest BCUT2D eigenvalue weighted by Crippen LogP contribution is -2.15. The van der Waals surface area contributed by atoms with Crippen molar-refractivity contribution in [1.29, 1.82) is 0 Å². The molecule has 0 fully saturated rings. The summed E-state index contributed by atoms with van der Waals surface area (Å²) in [5.41, 5.74) is 0.612. The van der Waals surface area contributed by atoms with Crippen LogP contribution in [0, 0.1) is 10.8 Å². The zero-order valence-electron chi connectivity index (χ0n) is 18.3. The van der Waals surface area contributed by atoms with E-state index in [2.05, 4.69) is 34.6 Å². The fourth-order valence-electron chi connectivity index (χ4n) is 3.78. The largest absolute Gasteiger partial charge is 0.368 e. The van der Waals surface area contributed by atoms with E-state index < -0.39 is 6.29 Å². The van der Waals surface area contributed by atoms with E-state index in [1.54, 1.807) is 0 Å². The van der Waals surface area contributed by atoms with Crippen LogP contribution in [-0.2, 0) is 4.79 Å². The molecule has 0 aliphatic carbocycles. The van der Waals surface area contributed by atoms with Crippen molar-refractivity contribution in [1.82, 2.24) is 0 Å². The molecule has 0 aliphatic heterocycles. The van der Waals surface area contributed by atoms with Crippen LogP contribution in [-0.4, -0.2) is 22.3 Å². The quantitative estimate of drug-likeness (QED) is 0.230. The molecule has 3 nitrogen and oxygen atoms in total. The molecule has 0 rings (SSSR count). The monoisotopic (exact) mass is 370 g/mol. The molecule has 0 saturated carbocycles. The van der Waals surface area contributed by atoms with Crippen LogP contribution in [0.15, 0.2) is 0 Å². The van der Waals surface area contributed by atoms with Gasteiger partial charge in [-0.15, -0.1) is 0 Å². The van der Waals surface area contributed by atoms with Crippen LogP contribution in [0.2, 0.25) is 0 Å². The number of aliphatic hydroxyl groups excluding tert-OH is 1. The van der Waals surface area contributed by atoms with Gasteiger partial charge < -0.3 is 10.2 Å². The second-order valence-corrected chi connectivity index (χ2v) is 9.76. The highest BCUT2D eigenvalue weighted by Crippen LogP contribution is 2.30. The summed E-state index contributed by atoms with van der Waals surface area (Å²) < 4.78 is 0. The highest BCUT2D eigenvalue weighted by Gasteiger charge is 2.18. The first kappa shape index (κ1) is 25.6. The van der Waals surface area contributed by atoms with Gasteiger partial charge in [0.05, 0.1) is 0 Å². The molecule has 0 aromatic rings. The Labute approximate surface area is 163 Å². The summed E-state index contributed by atoms with van der Waals surface area (Å²) >= 11 is 0. The molecule has 3 heteroatoms. The Balaban J connectivity index is 3.60. The minimum Gasteiger partial charge on any atom is -0.368 e. The normalized spacial score (nSPS) is 12.8. The van der Waals surface area contributed by atoms with Crippen LogP contribution in [0.3, 0.4) is 0 Å².